The van der Waals surface area contributed by atoms with Crippen LogP contribution in [0.4, 0.5) is 11.4 Å². The van der Waals surface area contributed by atoms with E-state index in [2.05, 4.69) is 30.1 Å². The Hall–Kier alpha value is -2.82. The Labute approximate surface area is 161 Å². The molecule has 2 amide bonds. The van der Waals surface area contributed by atoms with Crippen molar-refractivity contribution in [3.8, 4) is 0 Å². The highest BCUT2D eigenvalue weighted by atomic mass is 16.2. The normalized spacial score (nSPS) is 14.1. The fraction of sp³-hybridized carbons (Fsp3) is 0.364. The van der Waals surface area contributed by atoms with Gasteiger partial charge >= 0.3 is 0 Å². The van der Waals surface area contributed by atoms with Gasteiger partial charge in [-0.25, -0.2) is 0 Å². The molecule has 27 heavy (non-hydrogen) atoms. The van der Waals surface area contributed by atoms with Gasteiger partial charge in [0.15, 0.2) is 0 Å². The van der Waals surface area contributed by atoms with Gasteiger partial charge in [-0.1, -0.05) is 18.2 Å². The predicted octanol–water partition coefficient (Wildman–Crippen LogP) is 3.82. The zero-order chi connectivity index (χ0) is 19.6. The fourth-order valence-electron chi connectivity index (χ4n) is 3.54. The number of carbonyl (C=O) groups excluding carboxylic acids is 2. The molecule has 5 nitrogen and oxygen atoms in total. The van der Waals surface area contributed by atoms with Crippen LogP contribution in [-0.4, -0.2) is 35.8 Å². The highest BCUT2D eigenvalue weighted by Crippen LogP contribution is 2.26. The number of amides is 2. The molecule has 1 aliphatic heterocycles. The Morgan fingerprint density at radius 2 is 1.89 bits per heavy atom. The van der Waals surface area contributed by atoms with Crippen molar-refractivity contribution in [2.24, 2.45) is 0 Å². The van der Waals surface area contributed by atoms with E-state index in [0.29, 0.717) is 12.1 Å². The minimum Gasteiger partial charge on any atom is -0.372 e. The van der Waals surface area contributed by atoms with Crippen molar-refractivity contribution in [1.29, 1.82) is 0 Å². The molecule has 1 heterocycles. The van der Waals surface area contributed by atoms with E-state index in [4.69, 9.17) is 0 Å². The number of rotatable bonds is 6. The number of hydrogen-bond acceptors (Lipinski definition) is 3. The summed E-state index contributed by atoms with van der Waals surface area (Å²) in [6, 6.07) is 13.0. The smallest absolute Gasteiger partial charge is 0.255 e. The number of hydrogen-bond donors (Lipinski definition) is 1. The Balaban J connectivity index is 1.71. The Morgan fingerprint density at radius 3 is 2.52 bits per heavy atom. The molecule has 2 aromatic carbocycles. The van der Waals surface area contributed by atoms with E-state index < -0.39 is 6.04 Å². The van der Waals surface area contributed by atoms with E-state index >= 15 is 0 Å². The summed E-state index contributed by atoms with van der Waals surface area (Å²) in [5, 5.41) is 2.99. The molecular weight excluding hydrogens is 338 g/mol. The lowest BCUT2D eigenvalue weighted by Crippen LogP contribution is -2.42. The van der Waals surface area contributed by atoms with E-state index in [1.54, 1.807) is 11.8 Å². The summed E-state index contributed by atoms with van der Waals surface area (Å²) in [5.41, 5.74) is 4.61. The molecular formula is C22H27N3O2. The molecule has 1 atom stereocenters. The van der Waals surface area contributed by atoms with Crippen molar-refractivity contribution in [2.45, 2.75) is 40.3 Å². The summed E-state index contributed by atoms with van der Waals surface area (Å²) in [6.45, 7) is 10.4. The Kier molecular flexibility index (Phi) is 5.49. The van der Waals surface area contributed by atoms with Gasteiger partial charge in [-0.05, 0) is 63.1 Å². The average Bonchev–Trinajstić information content (AvgIpc) is 3.01. The van der Waals surface area contributed by atoms with Crippen LogP contribution in [0.3, 0.4) is 0 Å². The van der Waals surface area contributed by atoms with Gasteiger partial charge in [0, 0.05) is 36.6 Å². The van der Waals surface area contributed by atoms with Gasteiger partial charge in [-0.15, -0.1) is 0 Å². The Bertz CT molecular complexity index is 858. The van der Waals surface area contributed by atoms with Gasteiger partial charge in [0.05, 0.1) is 0 Å². The first kappa shape index (κ1) is 19.0. The van der Waals surface area contributed by atoms with Crippen LogP contribution in [0.25, 0.3) is 0 Å². The van der Waals surface area contributed by atoms with Crippen LogP contribution in [-0.2, 0) is 11.3 Å². The summed E-state index contributed by atoms with van der Waals surface area (Å²) in [6.07, 6.45) is 0. The van der Waals surface area contributed by atoms with Gasteiger partial charge in [0.1, 0.15) is 6.04 Å². The standard InChI is InChI=1S/C22H27N3O2/c1-5-24(6-2)18-11-12-20(15(3)13-18)23-21(26)16(4)25-14-17-9-7-8-10-19(17)22(25)27/h7-13,16H,5-6,14H2,1-4H3,(H,23,26). The highest BCUT2D eigenvalue weighted by molar-refractivity contribution is 6.03. The molecule has 1 unspecified atom stereocenters. The van der Waals surface area contributed by atoms with Gasteiger partial charge < -0.3 is 15.1 Å². The van der Waals surface area contributed by atoms with Crippen molar-refractivity contribution >= 4 is 23.2 Å². The first-order chi connectivity index (χ1) is 13.0. The molecule has 0 bridgehead atoms. The molecule has 3 rings (SSSR count). The fourth-order valence-corrected chi connectivity index (χ4v) is 3.54. The minimum absolute atomic E-state index is 0.0816. The highest BCUT2D eigenvalue weighted by Gasteiger charge is 2.33. The van der Waals surface area contributed by atoms with E-state index in [-0.39, 0.29) is 11.8 Å². The summed E-state index contributed by atoms with van der Waals surface area (Å²) in [5.74, 6) is -0.253. The van der Waals surface area contributed by atoms with Crippen LogP contribution in [0.2, 0.25) is 0 Å². The summed E-state index contributed by atoms with van der Waals surface area (Å²) in [4.78, 5) is 29.2. The number of nitrogens with one attached hydrogen (secondary N) is 1. The summed E-state index contributed by atoms with van der Waals surface area (Å²) < 4.78 is 0. The number of nitrogens with zero attached hydrogens (tertiary/aromatic N) is 2. The van der Waals surface area contributed by atoms with E-state index in [1.807, 2.05) is 43.3 Å². The molecule has 0 saturated heterocycles. The lowest BCUT2D eigenvalue weighted by Gasteiger charge is -2.25. The molecule has 0 spiro atoms. The second kappa shape index (κ2) is 7.82. The van der Waals surface area contributed by atoms with Gasteiger partial charge in [0.25, 0.3) is 5.91 Å². The monoisotopic (exact) mass is 365 g/mol. The maximum absolute atomic E-state index is 12.8. The number of anilines is 2. The molecule has 0 radical (unpaired) electrons. The first-order valence-electron chi connectivity index (χ1n) is 9.51. The quantitative estimate of drug-likeness (QED) is 0.847. The summed E-state index contributed by atoms with van der Waals surface area (Å²) in [7, 11) is 0. The molecule has 1 aliphatic rings. The molecule has 2 aromatic rings. The molecule has 142 valence electrons. The zero-order valence-electron chi connectivity index (χ0n) is 16.5. The third-order valence-electron chi connectivity index (χ3n) is 5.29. The van der Waals surface area contributed by atoms with E-state index in [9.17, 15) is 9.59 Å². The van der Waals surface area contributed by atoms with Crippen LogP contribution >= 0.6 is 0 Å². The molecule has 1 N–H and O–H groups in total. The number of aryl methyl sites for hydroxylation is 1. The number of benzene rings is 2. The van der Waals surface area contributed by atoms with Crippen LogP contribution in [0, 0.1) is 6.92 Å². The minimum atomic E-state index is -0.535. The van der Waals surface area contributed by atoms with Crippen LogP contribution in [0.15, 0.2) is 42.5 Å². The first-order valence-corrected chi connectivity index (χ1v) is 9.51. The van der Waals surface area contributed by atoms with Crippen molar-refractivity contribution in [1.82, 2.24) is 4.90 Å². The third-order valence-corrected chi connectivity index (χ3v) is 5.29. The third kappa shape index (κ3) is 3.68. The van der Waals surface area contributed by atoms with Gasteiger partial charge in [-0.3, -0.25) is 9.59 Å². The maximum Gasteiger partial charge on any atom is 0.255 e. The van der Waals surface area contributed by atoms with Gasteiger partial charge in [0.2, 0.25) is 5.91 Å². The van der Waals surface area contributed by atoms with E-state index in [1.165, 1.54) is 0 Å². The van der Waals surface area contributed by atoms with Crippen molar-refractivity contribution in [3.63, 3.8) is 0 Å². The SMILES string of the molecule is CCN(CC)c1ccc(NC(=O)C(C)N2Cc3ccccc3C2=O)c(C)c1. The predicted molar refractivity (Wildman–Crippen MR) is 109 cm³/mol. The maximum atomic E-state index is 12.8. The number of carbonyl (C=O) groups is 2. The second-order valence-electron chi connectivity index (χ2n) is 6.93. The Morgan fingerprint density at radius 1 is 1.19 bits per heavy atom. The number of fused-ring (bicyclic) bond motifs is 1. The molecule has 0 saturated carbocycles. The second-order valence-corrected chi connectivity index (χ2v) is 6.93. The zero-order valence-corrected chi connectivity index (χ0v) is 16.5. The lowest BCUT2D eigenvalue weighted by atomic mass is 10.1. The van der Waals surface area contributed by atoms with Gasteiger partial charge in [-0.2, -0.15) is 0 Å². The topological polar surface area (TPSA) is 52.7 Å². The van der Waals surface area contributed by atoms with Crippen molar-refractivity contribution in [3.05, 3.63) is 59.2 Å². The molecule has 5 heteroatoms. The van der Waals surface area contributed by atoms with E-state index in [0.717, 1.165) is 35.6 Å². The lowest BCUT2D eigenvalue weighted by molar-refractivity contribution is -0.120. The van der Waals surface area contributed by atoms with Crippen LogP contribution in [0.1, 0.15) is 42.3 Å². The summed E-state index contributed by atoms with van der Waals surface area (Å²) >= 11 is 0. The van der Waals surface area contributed by atoms with Crippen LogP contribution in [0.5, 0.6) is 0 Å². The largest absolute Gasteiger partial charge is 0.372 e. The van der Waals surface area contributed by atoms with Crippen molar-refractivity contribution in [2.75, 3.05) is 23.3 Å². The van der Waals surface area contributed by atoms with Crippen molar-refractivity contribution < 1.29 is 9.59 Å². The van der Waals surface area contributed by atoms with Crippen LogP contribution < -0.4 is 10.2 Å². The molecule has 0 fully saturated rings. The molecule has 0 aromatic heterocycles. The molecule has 0 aliphatic carbocycles. The average molecular weight is 365 g/mol.